The zero-order chi connectivity index (χ0) is 25.4. The summed E-state index contributed by atoms with van der Waals surface area (Å²) in [4.78, 5) is 21.0. The molecule has 1 N–H and O–H groups in total. The summed E-state index contributed by atoms with van der Waals surface area (Å²) in [6.07, 6.45) is -5.42. The smallest absolute Gasteiger partial charge is 0.374 e. The molecule has 0 fully saturated rings. The minimum absolute atomic E-state index is 0.0398. The Labute approximate surface area is 208 Å². The molecule has 0 aliphatic carbocycles. The van der Waals surface area contributed by atoms with Crippen LogP contribution in [0.5, 0.6) is 0 Å². The van der Waals surface area contributed by atoms with Crippen molar-refractivity contribution in [3.8, 4) is 0 Å². The molecular weight excluding hydrogens is 502 g/mol. The number of carbonyl (C=O) groups excluding carboxylic acids is 1. The standard InChI is InChI=1S/C25H16Cl2F3N3O2/c1-14-3-4-16(9-21(14)32-23(34)15-5-7-20(31-2)8-6-15)22-13-24(35-33-22,25(28,29)30)17-10-18(26)12-19(27)11-17/h3-12H,13H2,1H3,(H,32,34). The maximum absolute atomic E-state index is 14.3. The molecule has 1 unspecified atom stereocenters. The Hall–Kier alpha value is -3.54. The average Bonchev–Trinajstić information content (AvgIpc) is 3.27. The number of anilines is 1. The van der Waals surface area contributed by atoms with Crippen LogP contribution in [0.25, 0.3) is 4.85 Å². The summed E-state index contributed by atoms with van der Waals surface area (Å²) >= 11 is 11.9. The molecule has 0 radical (unpaired) electrons. The first kappa shape index (κ1) is 24.6. The number of hydrogen-bond acceptors (Lipinski definition) is 3. The molecule has 4 rings (SSSR count). The maximum atomic E-state index is 14.3. The molecule has 0 saturated carbocycles. The Morgan fingerprint density at radius 2 is 1.74 bits per heavy atom. The number of carbonyl (C=O) groups is 1. The number of hydrogen-bond donors (Lipinski definition) is 1. The fraction of sp³-hybridized carbons (Fsp3) is 0.160. The van der Waals surface area contributed by atoms with Crippen molar-refractivity contribution in [2.75, 3.05) is 5.32 Å². The van der Waals surface area contributed by atoms with E-state index in [1.165, 1.54) is 30.3 Å². The Balaban J connectivity index is 1.63. The second-order valence-electron chi connectivity index (χ2n) is 7.93. The van der Waals surface area contributed by atoms with E-state index < -0.39 is 24.1 Å². The summed E-state index contributed by atoms with van der Waals surface area (Å²) in [6.45, 7) is 8.75. The molecule has 1 heterocycles. The summed E-state index contributed by atoms with van der Waals surface area (Å²) < 4.78 is 42.8. The lowest BCUT2D eigenvalue weighted by Crippen LogP contribution is -2.42. The van der Waals surface area contributed by atoms with E-state index in [1.54, 1.807) is 25.1 Å². The van der Waals surface area contributed by atoms with Crippen LogP contribution in [0.1, 0.15) is 33.5 Å². The number of alkyl halides is 3. The van der Waals surface area contributed by atoms with Crippen LogP contribution >= 0.6 is 23.2 Å². The minimum atomic E-state index is -4.81. The first-order valence-electron chi connectivity index (χ1n) is 10.2. The van der Waals surface area contributed by atoms with Crippen molar-refractivity contribution >= 4 is 46.2 Å². The van der Waals surface area contributed by atoms with E-state index in [9.17, 15) is 18.0 Å². The Morgan fingerprint density at radius 1 is 1.09 bits per heavy atom. The maximum Gasteiger partial charge on any atom is 0.435 e. The van der Waals surface area contributed by atoms with Crippen LogP contribution in [0.2, 0.25) is 10.0 Å². The van der Waals surface area contributed by atoms with Crippen LogP contribution in [0.15, 0.2) is 65.8 Å². The van der Waals surface area contributed by atoms with E-state index in [1.807, 2.05) is 0 Å². The van der Waals surface area contributed by atoms with Gasteiger partial charge in [0.05, 0.1) is 12.3 Å². The van der Waals surface area contributed by atoms with Gasteiger partial charge in [0.2, 0.25) is 0 Å². The minimum Gasteiger partial charge on any atom is -0.374 e. The molecule has 0 spiro atoms. The van der Waals surface area contributed by atoms with Crippen LogP contribution < -0.4 is 5.32 Å². The zero-order valence-electron chi connectivity index (χ0n) is 18.1. The van der Waals surface area contributed by atoms with E-state index in [-0.39, 0.29) is 21.3 Å². The lowest BCUT2D eigenvalue weighted by Gasteiger charge is -2.29. The Bertz CT molecular complexity index is 1360. The highest BCUT2D eigenvalue weighted by molar-refractivity contribution is 6.34. The molecule has 0 saturated heterocycles. The Morgan fingerprint density at radius 3 is 2.34 bits per heavy atom. The van der Waals surface area contributed by atoms with Crippen molar-refractivity contribution < 1.29 is 22.8 Å². The van der Waals surface area contributed by atoms with Crippen molar-refractivity contribution in [2.24, 2.45) is 5.16 Å². The molecule has 10 heteroatoms. The first-order chi connectivity index (χ1) is 16.5. The van der Waals surface area contributed by atoms with Gasteiger partial charge in [0.1, 0.15) is 0 Å². The van der Waals surface area contributed by atoms with Crippen molar-refractivity contribution in [2.45, 2.75) is 25.1 Å². The predicted molar refractivity (Wildman–Crippen MR) is 128 cm³/mol. The largest absolute Gasteiger partial charge is 0.435 e. The van der Waals surface area contributed by atoms with E-state index in [4.69, 9.17) is 34.6 Å². The highest BCUT2D eigenvalue weighted by Gasteiger charge is 2.62. The van der Waals surface area contributed by atoms with Gasteiger partial charge in [0, 0.05) is 38.8 Å². The zero-order valence-corrected chi connectivity index (χ0v) is 19.6. The second-order valence-corrected chi connectivity index (χ2v) is 8.80. The number of benzene rings is 3. The van der Waals surface area contributed by atoms with Crippen LogP contribution in [-0.4, -0.2) is 17.8 Å². The fourth-order valence-corrected chi connectivity index (χ4v) is 4.19. The third kappa shape index (κ3) is 4.83. The molecule has 0 bridgehead atoms. The number of amides is 1. The lowest BCUT2D eigenvalue weighted by atomic mass is 9.86. The summed E-state index contributed by atoms with van der Waals surface area (Å²) in [5.74, 6) is -0.426. The van der Waals surface area contributed by atoms with Crippen molar-refractivity contribution in [1.82, 2.24) is 0 Å². The van der Waals surface area contributed by atoms with Gasteiger partial charge in [-0.2, -0.15) is 13.2 Å². The van der Waals surface area contributed by atoms with Crippen molar-refractivity contribution in [3.05, 3.63) is 104 Å². The van der Waals surface area contributed by atoms with Crippen molar-refractivity contribution in [1.29, 1.82) is 0 Å². The Kier molecular flexibility index (Phi) is 6.50. The molecule has 3 aromatic carbocycles. The molecule has 1 aliphatic heterocycles. The molecule has 178 valence electrons. The number of halogens is 5. The molecule has 1 aliphatic rings. The monoisotopic (exact) mass is 517 g/mol. The number of nitrogens with zero attached hydrogens (tertiary/aromatic N) is 2. The highest BCUT2D eigenvalue weighted by Crippen LogP contribution is 2.49. The van der Waals surface area contributed by atoms with Gasteiger partial charge in [0.15, 0.2) is 5.69 Å². The molecule has 3 aromatic rings. The van der Waals surface area contributed by atoms with Gasteiger partial charge in [-0.15, -0.1) is 0 Å². The molecule has 5 nitrogen and oxygen atoms in total. The molecular formula is C25H16Cl2F3N3O2. The summed E-state index contributed by atoms with van der Waals surface area (Å²) in [7, 11) is 0. The third-order valence-corrected chi connectivity index (χ3v) is 6.03. The van der Waals surface area contributed by atoms with Gasteiger partial charge in [0.25, 0.3) is 11.5 Å². The number of oxime groups is 1. The average molecular weight is 518 g/mol. The van der Waals surface area contributed by atoms with Crippen molar-refractivity contribution in [3.63, 3.8) is 0 Å². The SMILES string of the molecule is [C-]#[N+]c1ccc(C(=O)Nc2cc(C3=NOC(c4cc(Cl)cc(Cl)c4)(C(F)(F)F)C3)ccc2C)cc1. The van der Waals surface area contributed by atoms with Crippen LogP contribution in [0, 0.1) is 13.5 Å². The van der Waals surface area contributed by atoms with Crippen LogP contribution in [0.4, 0.5) is 24.5 Å². The van der Waals surface area contributed by atoms with Crippen LogP contribution in [-0.2, 0) is 10.4 Å². The van der Waals surface area contributed by atoms with Gasteiger partial charge < -0.3 is 10.2 Å². The number of nitrogens with one attached hydrogen (secondary N) is 1. The summed E-state index contributed by atoms with van der Waals surface area (Å²) in [6, 6.07) is 14.5. The number of rotatable bonds is 4. The van der Waals surface area contributed by atoms with Gasteiger partial charge >= 0.3 is 6.18 Å². The molecule has 1 atom stereocenters. The molecule has 1 amide bonds. The fourth-order valence-electron chi connectivity index (χ4n) is 3.66. The van der Waals surface area contributed by atoms with Gasteiger partial charge in [-0.3, -0.25) is 4.79 Å². The molecule has 35 heavy (non-hydrogen) atoms. The predicted octanol–water partition coefficient (Wildman–Crippen LogP) is 7.69. The highest BCUT2D eigenvalue weighted by atomic mass is 35.5. The summed E-state index contributed by atoms with van der Waals surface area (Å²) in [5.41, 5.74) is -0.780. The molecule has 0 aromatic heterocycles. The van der Waals surface area contributed by atoms with Gasteiger partial charge in [-0.05, 0) is 36.8 Å². The van der Waals surface area contributed by atoms with E-state index in [0.29, 0.717) is 28.1 Å². The van der Waals surface area contributed by atoms with Gasteiger partial charge in [-0.1, -0.05) is 64.8 Å². The lowest BCUT2D eigenvalue weighted by molar-refractivity contribution is -0.275. The number of aryl methyl sites for hydroxylation is 1. The van der Waals surface area contributed by atoms with E-state index in [2.05, 4.69) is 15.3 Å². The van der Waals surface area contributed by atoms with E-state index in [0.717, 1.165) is 12.1 Å². The quantitative estimate of drug-likeness (QED) is 0.360. The topological polar surface area (TPSA) is 55.0 Å². The van der Waals surface area contributed by atoms with Gasteiger partial charge in [-0.25, -0.2) is 4.85 Å². The second kappa shape index (κ2) is 9.25. The van der Waals surface area contributed by atoms with Crippen LogP contribution in [0.3, 0.4) is 0 Å². The third-order valence-electron chi connectivity index (χ3n) is 5.59. The van der Waals surface area contributed by atoms with E-state index >= 15 is 0 Å². The summed E-state index contributed by atoms with van der Waals surface area (Å²) in [5, 5.41) is 6.59. The normalized spacial score (nSPS) is 17.3. The first-order valence-corrected chi connectivity index (χ1v) is 11.0.